The predicted octanol–water partition coefficient (Wildman–Crippen LogP) is 4.15. The zero-order chi connectivity index (χ0) is 15.2. The minimum Gasteiger partial charge on any atom is -0.491 e. The van der Waals surface area contributed by atoms with Crippen LogP contribution in [0.1, 0.15) is 16.8 Å². The minimum absolute atomic E-state index is 0.0695. The molecule has 0 aliphatic heterocycles. The van der Waals surface area contributed by atoms with Crippen LogP contribution in [0.4, 0.5) is 13.2 Å². The molecule has 0 aliphatic rings. The third-order valence-corrected chi connectivity index (χ3v) is 2.61. The molecule has 0 atom stereocenters. The molecule has 20 heavy (non-hydrogen) atoms. The number of aldehydes is 1. The van der Waals surface area contributed by atoms with Gasteiger partial charge in [0.05, 0.1) is 23.8 Å². The summed E-state index contributed by atoms with van der Waals surface area (Å²) >= 11 is 11.6. The molecule has 0 radical (unpaired) electrons. The normalized spacial score (nSPS) is 11.4. The third kappa shape index (κ3) is 5.98. The second-order valence-corrected chi connectivity index (χ2v) is 4.64. The molecule has 3 nitrogen and oxygen atoms in total. The van der Waals surface area contributed by atoms with E-state index in [4.69, 9.17) is 27.9 Å². The maximum Gasteiger partial charge on any atom is 0.411 e. The fourth-order valence-corrected chi connectivity index (χ4v) is 1.91. The molecule has 1 rings (SSSR count). The molecule has 0 unspecified atom stereocenters. The Labute approximate surface area is 123 Å². The van der Waals surface area contributed by atoms with Gasteiger partial charge in [0.1, 0.15) is 12.4 Å². The highest BCUT2D eigenvalue weighted by Gasteiger charge is 2.27. The van der Waals surface area contributed by atoms with Gasteiger partial charge in [-0.15, -0.1) is 0 Å². The van der Waals surface area contributed by atoms with Gasteiger partial charge in [0.2, 0.25) is 0 Å². The number of alkyl halides is 3. The molecule has 0 amide bonds. The van der Waals surface area contributed by atoms with Crippen LogP contribution in [0.2, 0.25) is 10.0 Å². The van der Waals surface area contributed by atoms with Crippen molar-refractivity contribution in [2.24, 2.45) is 0 Å². The first-order valence-electron chi connectivity index (χ1n) is 5.55. The smallest absolute Gasteiger partial charge is 0.411 e. The Kier molecular flexibility index (Phi) is 6.58. The number of halogens is 5. The number of benzene rings is 1. The van der Waals surface area contributed by atoms with Crippen LogP contribution in [0.3, 0.4) is 0 Å². The average molecular weight is 331 g/mol. The summed E-state index contributed by atoms with van der Waals surface area (Å²) in [5, 5.41) is 0.453. The average Bonchev–Trinajstić information content (AvgIpc) is 2.33. The lowest BCUT2D eigenvalue weighted by molar-refractivity contribution is -0.174. The highest BCUT2D eigenvalue weighted by atomic mass is 35.5. The van der Waals surface area contributed by atoms with Crippen LogP contribution in [-0.4, -0.2) is 32.3 Å². The van der Waals surface area contributed by atoms with Crippen LogP contribution < -0.4 is 4.74 Å². The van der Waals surface area contributed by atoms with Crippen molar-refractivity contribution in [2.75, 3.05) is 19.8 Å². The van der Waals surface area contributed by atoms with E-state index in [0.717, 1.165) is 0 Å². The first-order chi connectivity index (χ1) is 9.33. The lowest BCUT2D eigenvalue weighted by Crippen LogP contribution is -2.18. The maximum absolute atomic E-state index is 11.8. The molecular weight excluding hydrogens is 320 g/mol. The number of carbonyl (C=O) groups is 1. The van der Waals surface area contributed by atoms with E-state index in [2.05, 4.69) is 4.74 Å². The number of ether oxygens (including phenoxy) is 2. The van der Waals surface area contributed by atoms with E-state index < -0.39 is 12.8 Å². The number of carbonyl (C=O) groups excluding carboxylic acids is 1. The fraction of sp³-hybridized carbons (Fsp3) is 0.417. The van der Waals surface area contributed by atoms with Gasteiger partial charge < -0.3 is 9.47 Å². The summed E-state index contributed by atoms with van der Waals surface area (Å²) in [6.07, 6.45) is -3.58. The maximum atomic E-state index is 11.8. The van der Waals surface area contributed by atoms with Gasteiger partial charge in [-0.2, -0.15) is 13.2 Å². The SMILES string of the molecule is O=Cc1cc(Cl)cc(Cl)c1OCCCOCC(F)(F)F. The van der Waals surface area contributed by atoms with Crippen molar-refractivity contribution in [3.63, 3.8) is 0 Å². The molecule has 0 aromatic heterocycles. The van der Waals surface area contributed by atoms with Gasteiger partial charge in [-0.3, -0.25) is 4.79 Å². The monoisotopic (exact) mass is 330 g/mol. The van der Waals surface area contributed by atoms with E-state index >= 15 is 0 Å². The third-order valence-electron chi connectivity index (χ3n) is 2.11. The summed E-state index contributed by atoms with van der Waals surface area (Å²) in [5.41, 5.74) is 0.179. The molecule has 1 aromatic carbocycles. The summed E-state index contributed by atoms with van der Waals surface area (Å²) in [7, 11) is 0. The van der Waals surface area contributed by atoms with Crippen LogP contribution in [-0.2, 0) is 4.74 Å². The van der Waals surface area contributed by atoms with Crippen molar-refractivity contribution in [1.82, 2.24) is 0 Å². The Morgan fingerprint density at radius 3 is 2.50 bits per heavy atom. The highest BCUT2D eigenvalue weighted by molar-refractivity contribution is 6.36. The molecule has 8 heteroatoms. The zero-order valence-electron chi connectivity index (χ0n) is 10.2. The van der Waals surface area contributed by atoms with E-state index in [1.165, 1.54) is 12.1 Å². The summed E-state index contributed by atoms with van der Waals surface area (Å²) in [5.74, 6) is 0.155. The lowest BCUT2D eigenvalue weighted by Gasteiger charge is -2.11. The quantitative estimate of drug-likeness (QED) is 0.556. The number of hydrogen-bond acceptors (Lipinski definition) is 3. The number of hydrogen-bond donors (Lipinski definition) is 0. The molecule has 0 N–H and O–H groups in total. The molecular formula is C12H11Cl2F3O3. The number of rotatable bonds is 7. The van der Waals surface area contributed by atoms with Crippen molar-refractivity contribution in [1.29, 1.82) is 0 Å². The molecule has 0 fully saturated rings. The second kappa shape index (κ2) is 7.71. The van der Waals surface area contributed by atoms with Crippen molar-refractivity contribution < 1.29 is 27.4 Å². The van der Waals surface area contributed by atoms with E-state index in [0.29, 0.717) is 6.29 Å². The van der Waals surface area contributed by atoms with Crippen LogP contribution in [0.25, 0.3) is 0 Å². The van der Waals surface area contributed by atoms with Gasteiger partial charge in [-0.05, 0) is 12.1 Å². The van der Waals surface area contributed by atoms with Gasteiger partial charge in [-0.25, -0.2) is 0 Å². The first-order valence-corrected chi connectivity index (χ1v) is 6.30. The highest BCUT2D eigenvalue weighted by Crippen LogP contribution is 2.31. The Morgan fingerprint density at radius 1 is 1.20 bits per heavy atom. The molecule has 0 saturated carbocycles. The lowest BCUT2D eigenvalue weighted by atomic mass is 10.2. The summed E-state index contributed by atoms with van der Waals surface area (Å²) < 4.78 is 45.1. The van der Waals surface area contributed by atoms with E-state index in [1.807, 2.05) is 0 Å². The van der Waals surface area contributed by atoms with Crippen molar-refractivity contribution in [2.45, 2.75) is 12.6 Å². The van der Waals surface area contributed by atoms with E-state index in [1.54, 1.807) is 0 Å². The molecule has 112 valence electrons. The van der Waals surface area contributed by atoms with Crippen LogP contribution in [0.5, 0.6) is 5.75 Å². The summed E-state index contributed by atoms with van der Waals surface area (Å²) in [6.45, 7) is -1.34. The predicted molar refractivity (Wildman–Crippen MR) is 68.8 cm³/mol. The zero-order valence-corrected chi connectivity index (χ0v) is 11.7. The molecule has 1 aromatic rings. The van der Waals surface area contributed by atoms with Crippen molar-refractivity contribution >= 4 is 29.5 Å². The van der Waals surface area contributed by atoms with E-state index in [-0.39, 0.29) is 41.0 Å². The van der Waals surface area contributed by atoms with Crippen molar-refractivity contribution in [3.05, 3.63) is 27.7 Å². The summed E-state index contributed by atoms with van der Waals surface area (Å²) in [4.78, 5) is 10.8. The standard InChI is InChI=1S/C12H11Cl2F3O3/c13-9-4-8(6-18)11(10(14)5-9)20-3-1-2-19-7-12(15,16)17/h4-6H,1-3,7H2. The van der Waals surface area contributed by atoms with Gasteiger partial charge in [0, 0.05) is 11.4 Å². The van der Waals surface area contributed by atoms with Gasteiger partial charge in [-0.1, -0.05) is 23.2 Å². The van der Waals surface area contributed by atoms with Gasteiger partial charge in [0.15, 0.2) is 6.29 Å². The van der Waals surface area contributed by atoms with Gasteiger partial charge in [0.25, 0.3) is 0 Å². The molecule has 0 bridgehead atoms. The molecule has 0 heterocycles. The minimum atomic E-state index is -4.34. The van der Waals surface area contributed by atoms with Crippen LogP contribution in [0, 0.1) is 0 Å². The Balaban J connectivity index is 2.41. The Bertz CT molecular complexity index is 464. The van der Waals surface area contributed by atoms with Crippen LogP contribution >= 0.6 is 23.2 Å². The topological polar surface area (TPSA) is 35.5 Å². The van der Waals surface area contributed by atoms with Crippen LogP contribution in [0.15, 0.2) is 12.1 Å². The first kappa shape index (κ1) is 17.1. The van der Waals surface area contributed by atoms with Gasteiger partial charge >= 0.3 is 6.18 Å². The molecule has 0 aliphatic carbocycles. The summed E-state index contributed by atoms with van der Waals surface area (Å²) in [6, 6.07) is 2.79. The second-order valence-electron chi connectivity index (χ2n) is 3.79. The molecule has 0 saturated heterocycles. The fourth-order valence-electron chi connectivity index (χ4n) is 1.34. The Morgan fingerprint density at radius 2 is 1.90 bits per heavy atom. The largest absolute Gasteiger partial charge is 0.491 e. The van der Waals surface area contributed by atoms with E-state index in [9.17, 15) is 18.0 Å². The Hall–Kier alpha value is -0.980. The van der Waals surface area contributed by atoms with Crippen molar-refractivity contribution in [3.8, 4) is 5.75 Å². The molecule has 0 spiro atoms.